The van der Waals surface area contributed by atoms with E-state index in [9.17, 15) is 19.3 Å². The van der Waals surface area contributed by atoms with Gasteiger partial charge in [0.25, 0.3) is 11.6 Å². The van der Waals surface area contributed by atoms with Gasteiger partial charge in [0.2, 0.25) is 5.88 Å². The number of amides is 1. The molecule has 0 aliphatic carbocycles. The molecule has 0 aliphatic heterocycles. The zero-order valence-corrected chi connectivity index (χ0v) is 17.0. The number of benzene rings is 2. The van der Waals surface area contributed by atoms with Crippen LogP contribution in [0.25, 0.3) is 0 Å². The van der Waals surface area contributed by atoms with Crippen molar-refractivity contribution in [3.05, 3.63) is 87.9 Å². The Morgan fingerprint density at radius 1 is 1.19 bits per heavy atom. The summed E-state index contributed by atoms with van der Waals surface area (Å²) in [4.78, 5) is 27.2. The van der Waals surface area contributed by atoms with Gasteiger partial charge in [-0.2, -0.15) is 0 Å². The molecule has 0 unspecified atom stereocenters. The Morgan fingerprint density at radius 2 is 2.00 bits per heavy atom. The third kappa shape index (κ3) is 5.99. The Balaban J connectivity index is 1.67. The lowest BCUT2D eigenvalue weighted by Crippen LogP contribution is -2.30. The summed E-state index contributed by atoms with van der Waals surface area (Å²) in [7, 11) is 0. The summed E-state index contributed by atoms with van der Waals surface area (Å²) in [6.45, 7) is 3.89. The van der Waals surface area contributed by atoms with Gasteiger partial charge in [-0.3, -0.25) is 14.9 Å². The zero-order chi connectivity index (χ0) is 22.4. The van der Waals surface area contributed by atoms with E-state index in [1.54, 1.807) is 24.4 Å². The molecule has 0 radical (unpaired) electrons. The molecule has 3 rings (SSSR count). The first kappa shape index (κ1) is 21.7. The Labute approximate surface area is 178 Å². The van der Waals surface area contributed by atoms with Gasteiger partial charge in [0, 0.05) is 42.5 Å². The number of carbonyl (C=O) groups excluding carboxylic acids is 1. The molecular weight excluding hydrogens is 403 g/mol. The van der Waals surface area contributed by atoms with Gasteiger partial charge < -0.3 is 15.4 Å². The highest BCUT2D eigenvalue weighted by Gasteiger charge is 2.18. The molecule has 0 atom stereocenters. The standard InChI is InChI=1S/C22H21FN4O4/c1-14(2)26-22(28)16-7-8-19(20(10-16)27(29)30)24-12-15-6-9-21(25-13-15)31-18-5-3-4-17(23)11-18/h3-11,13-14,24H,12H2,1-2H3,(H,26,28). The molecule has 0 saturated carbocycles. The van der Waals surface area contributed by atoms with E-state index in [4.69, 9.17) is 4.74 Å². The number of nitrogens with one attached hydrogen (secondary N) is 2. The van der Waals surface area contributed by atoms with Crippen molar-refractivity contribution in [2.45, 2.75) is 26.4 Å². The van der Waals surface area contributed by atoms with Crippen molar-refractivity contribution in [1.29, 1.82) is 0 Å². The van der Waals surface area contributed by atoms with E-state index < -0.39 is 10.7 Å². The lowest BCUT2D eigenvalue weighted by molar-refractivity contribution is -0.384. The SMILES string of the molecule is CC(C)NC(=O)c1ccc(NCc2ccc(Oc3cccc(F)c3)nc2)c([N+](=O)[O-])c1. The van der Waals surface area contributed by atoms with Gasteiger partial charge in [-0.1, -0.05) is 12.1 Å². The second-order valence-corrected chi connectivity index (χ2v) is 7.03. The predicted molar refractivity (Wildman–Crippen MR) is 114 cm³/mol. The summed E-state index contributed by atoms with van der Waals surface area (Å²) in [5.41, 5.74) is 1.05. The number of pyridine rings is 1. The smallest absolute Gasteiger partial charge is 0.293 e. The van der Waals surface area contributed by atoms with Crippen LogP contribution in [0.5, 0.6) is 11.6 Å². The average Bonchev–Trinajstić information content (AvgIpc) is 2.72. The number of aromatic nitrogens is 1. The summed E-state index contributed by atoms with van der Waals surface area (Å²) in [6, 6.07) is 13.3. The van der Waals surface area contributed by atoms with Gasteiger partial charge in [0.15, 0.2) is 0 Å². The first-order chi connectivity index (χ1) is 14.8. The monoisotopic (exact) mass is 424 g/mol. The van der Waals surface area contributed by atoms with Gasteiger partial charge in [-0.25, -0.2) is 9.37 Å². The van der Waals surface area contributed by atoms with Gasteiger partial charge >= 0.3 is 0 Å². The largest absolute Gasteiger partial charge is 0.439 e. The predicted octanol–water partition coefficient (Wildman–Crippen LogP) is 4.67. The summed E-state index contributed by atoms with van der Waals surface area (Å²) in [5.74, 6) is -0.160. The Kier molecular flexibility index (Phi) is 6.76. The van der Waals surface area contributed by atoms with E-state index in [2.05, 4.69) is 15.6 Å². The zero-order valence-electron chi connectivity index (χ0n) is 17.0. The fourth-order valence-corrected chi connectivity index (χ4v) is 2.74. The number of rotatable bonds is 8. The molecule has 0 bridgehead atoms. The number of hydrogen-bond donors (Lipinski definition) is 2. The number of halogens is 1. The molecule has 1 heterocycles. The van der Waals surface area contributed by atoms with E-state index in [0.29, 0.717) is 11.6 Å². The lowest BCUT2D eigenvalue weighted by atomic mass is 10.1. The molecule has 3 aromatic rings. The third-order valence-electron chi connectivity index (χ3n) is 4.18. The number of hydrogen-bond acceptors (Lipinski definition) is 6. The minimum Gasteiger partial charge on any atom is -0.439 e. The van der Waals surface area contributed by atoms with Crippen molar-refractivity contribution >= 4 is 17.3 Å². The van der Waals surface area contributed by atoms with E-state index >= 15 is 0 Å². The summed E-state index contributed by atoms with van der Waals surface area (Å²) < 4.78 is 18.7. The molecule has 1 aromatic heterocycles. The maximum Gasteiger partial charge on any atom is 0.293 e. The highest BCUT2D eigenvalue weighted by atomic mass is 19.1. The number of nitrogens with zero attached hydrogens (tertiary/aromatic N) is 2. The minimum absolute atomic E-state index is 0.0790. The Morgan fingerprint density at radius 3 is 2.65 bits per heavy atom. The van der Waals surface area contributed by atoms with Crippen molar-refractivity contribution in [3.63, 3.8) is 0 Å². The molecule has 8 nitrogen and oxygen atoms in total. The van der Waals surface area contributed by atoms with Gasteiger partial charge in [0.05, 0.1) is 4.92 Å². The highest BCUT2D eigenvalue weighted by Crippen LogP contribution is 2.26. The van der Waals surface area contributed by atoms with Crippen LogP contribution in [-0.4, -0.2) is 21.9 Å². The maximum atomic E-state index is 13.2. The van der Waals surface area contributed by atoms with Gasteiger partial charge in [-0.05, 0) is 43.7 Å². The fraction of sp³-hybridized carbons (Fsp3) is 0.182. The second kappa shape index (κ2) is 9.66. The summed E-state index contributed by atoms with van der Waals surface area (Å²) in [5, 5.41) is 17.1. The normalized spacial score (nSPS) is 10.6. The number of carbonyl (C=O) groups is 1. The number of anilines is 1. The quantitative estimate of drug-likeness (QED) is 0.402. The molecule has 2 N–H and O–H groups in total. The van der Waals surface area contributed by atoms with Crippen LogP contribution in [0.15, 0.2) is 60.8 Å². The van der Waals surface area contributed by atoms with Gasteiger partial charge in [0.1, 0.15) is 17.3 Å². The van der Waals surface area contributed by atoms with Crippen LogP contribution in [0.4, 0.5) is 15.8 Å². The van der Waals surface area contributed by atoms with E-state index in [-0.39, 0.29) is 35.4 Å². The lowest BCUT2D eigenvalue weighted by Gasteiger charge is -2.11. The fourth-order valence-electron chi connectivity index (χ4n) is 2.74. The van der Waals surface area contributed by atoms with E-state index in [1.165, 1.54) is 36.4 Å². The van der Waals surface area contributed by atoms with Crippen LogP contribution in [0.3, 0.4) is 0 Å². The first-order valence-electron chi connectivity index (χ1n) is 9.53. The maximum absolute atomic E-state index is 13.2. The average molecular weight is 424 g/mol. The van der Waals surface area contributed by atoms with Crippen molar-refractivity contribution in [2.75, 3.05) is 5.32 Å². The summed E-state index contributed by atoms with van der Waals surface area (Å²) in [6.07, 6.45) is 1.55. The molecule has 160 valence electrons. The van der Waals surface area contributed by atoms with Crippen molar-refractivity contribution < 1.29 is 18.8 Å². The second-order valence-electron chi connectivity index (χ2n) is 7.03. The van der Waals surface area contributed by atoms with Gasteiger partial charge in [-0.15, -0.1) is 0 Å². The molecular formula is C22H21FN4O4. The van der Waals surface area contributed by atoms with Crippen LogP contribution in [0.1, 0.15) is 29.8 Å². The Hall–Kier alpha value is -4.01. The van der Waals surface area contributed by atoms with E-state index in [1.807, 2.05) is 13.8 Å². The molecule has 0 saturated heterocycles. The van der Waals surface area contributed by atoms with Crippen LogP contribution in [-0.2, 0) is 6.54 Å². The van der Waals surface area contributed by atoms with Crippen LogP contribution in [0.2, 0.25) is 0 Å². The van der Waals surface area contributed by atoms with Crippen LogP contribution in [0, 0.1) is 15.9 Å². The first-order valence-corrected chi connectivity index (χ1v) is 9.53. The van der Waals surface area contributed by atoms with Crippen LogP contribution < -0.4 is 15.4 Å². The number of ether oxygens (including phenoxy) is 1. The molecule has 0 spiro atoms. The number of nitro benzene ring substituents is 1. The van der Waals surface area contributed by atoms with E-state index in [0.717, 1.165) is 5.56 Å². The highest BCUT2D eigenvalue weighted by molar-refractivity contribution is 5.95. The molecule has 0 fully saturated rings. The third-order valence-corrected chi connectivity index (χ3v) is 4.18. The topological polar surface area (TPSA) is 106 Å². The summed E-state index contributed by atoms with van der Waals surface area (Å²) >= 11 is 0. The molecule has 9 heteroatoms. The van der Waals surface area contributed by atoms with Crippen molar-refractivity contribution in [1.82, 2.24) is 10.3 Å². The Bertz CT molecular complexity index is 1090. The molecule has 2 aromatic carbocycles. The number of nitro groups is 1. The minimum atomic E-state index is -0.539. The molecule has 0 aliphatic rings. The molecule has 31 heavy (non-hydrogen) atoms. The van der Waals surface area contributed by atoms with Crippen molar-refractivity contribution in [3.8, 4) is 11.6 Å². The van der Waals surface area contributed by atoms with Crippen LogP contribution >= 0.6 is 0 Å². The van der Waals surface area contributed by atoms with Crippen molar-refractivity contribution in [2.24, 2.45) is 0 Å². The molecule has 1 amide bonds.